The average Bonchev–Trinajstić information content (AvgIpc) is 2.68. The third kappa shape index (κ3) is 4.28. The van der Waals surface area contributed by atoms with Gasteiger partial charge in [0.2, 0.25) is 0 Å². The normalized spacial score (nSPS) is 19.6. The Balaban J connectivity index is 1.37. The van der Waals surface area contributed by atoms with Gasteiger partial charge in [0.25, 0.3) is 11.8 Å². The largest absolute Gasteiger partial charge is 0.482 e. The van der Waals surface area contributed by atoms with Crippen LogP contribution in [0, 0.1) is 0 Å². The SMILES string of the molecule is O=C1COc2ccc(C(=O)NC3CCCN(Cc4ccccc4)C3)cc2N1. The van der Waals surface area contributed by atoms with E-state index in [1.54, 1.807) is 18.2 Å². The molecule has 0 spiro atoms. The quantitative estimate of drug-likeness (QED) is 0.873. The first kappa shape index (κ1) is 17.5. The molecule has 4 rings (SSSR count). The van der Waals surface area contributed by atoms with Gasteiger partial charge in [-0.25, -0.2) is 0 Å². The molecular weight excluding hydrogens is 342 g/mol. The maximum absolute atomic E-state index is 12.7. The molecule has 1 fully saturated rings. The Kier molecular flexibility index (Phi) is 5.07. The van der Waals surface area contributed by atoms with Gasteiger partial charge in [0.1, 0.15) is 5.75 Å². The van der Waals surface area contributed by atoms with E-state index in [1.807, 2.05) is 6.07 Å². The van der Waals surface area contributed by atoms with E-state index in [2.05, 4.69) is 39.8 Å². The first-order valence-electron chi connectivity index (χ1n) is 9.31. The Morgan fingerprint density at radius 2 is 2.07 bits per heavy atom. The Morgan fingerprint density at radius 3 is 2.93 bits per heavy atom. The van der Waals surface area contributed by atoms with Crippen molar-refractivity contribution in [2.24, 2.45) is 0 Å². The van der Waals surface area contributed by atoms with Gasteiger partial charge in [0.15, 0.2) is 6.61 Å². The van der Waals surface area contributed by atoms with Crippen molar-refractivity contribution in [2.75, 3.05) is 25.0 Å². The van der Waals surface area contributed by atoms with Gasteiger partial charge < -0.3 is 15.4 Å². The highest BCUT2D eigenvalue weighted by Crippen LogP contribution is 2.28. The first-order chi connectivity index (χ1) is 13.2. The summed E-state index contributed by atoms with van der Waals surface area (Å²) in [4.78, 5) is 26.5. The molecule has 0 bridgehead atoms. The summed E-state index contributed by atoms with van der Waals surface area (Å²) < 4.78 is 5.34. The number of hydrogen-bond donors (Lipinski definition) is 2. The molecule has 2 aromatic rings. The fourth-order valence-electron chi connectivity index (χ4n) is 3.65. The fourth-order valence-corrected chi connectivity index (χ4v) is 3.65. The van der Waals surface area contributed by atoms with Crippen LogP contribution in [0.15, 0.2) is 48.5 Å². The minimum atomic E-state index is -0.205. The third-order valence-electron chi connectivity index (χ3n) is 4.96. The molecule has 0 aliphatic carbocycles. The number of rotatable bonds is 4. The lowest BCUT2D eigenvalue weighted by Gasteiger charge is -2.33. The number of piperidine rings is 1. The maximum atomic E-state index is 12.7. The predicted molar refractivity (Wildman–Crippen MR) is 103 cm³/mol. The van der Waals surface area contributed by atoms with Crippen LogP contribution in [0.4, 0.5) is 5.69 Å². The number of carbonyl (C=O) groups is 2. The fraction of sp³-hybridized carbons (Fsp3) is 0.333. The molecule has 2 aliphatic heterocycles. The molecule has 1 atom stereocenters. The van der Waals surface area contributed by atoms with Crippen LogP contribution >= 0.6 is 0 Å². The second kappa shape index (κ2) is 7.80. The van der Waals surface area contributed by atoms with Gasteiger partial charge in [-0.05, 0) is 43.1 Å². The zero-order chi connectivity index (χ0) is 18.6. The van der Waals surface area contributed by atoms with Crippen molar-refractivity contribution in [1.29, 1.82) is 0 Å². The number of amides is 2. The Morgan fingerprint density at radius 1 is 1.22 bits per heavy atom. The summed E-state index contributed by atoms with van der Waals surface area (Å²) in [6.45, 7) is 2.79. The number of nitrogens with zero attached hydrogens (tertiary/aromatic N) is 1. The van der Waals surface area contributed by atoms with Crippen LogP contribution in [0.5, 0.6) is 5.75 Å². The molecule has 0 saturated carbocycles. The number of carbonyl (C=O) groups excluding carboxylic acids is 2. The summed E-state index contributed by atoms with van der Waals surface area (Å²) in [6.07, 6.45) is 2.04. The number of benzene rings is 2. The van der Waals surface area contributed by atoms with E-state index in [-0.39, 0.29) is 24.5 Å². The Hall–Kier alpha value is -2.86. The summed E-state index contributed by atoms with van der Waals surface area (Å²) >= 11 is 0. The lowest BCUT2D eigenvalue weighted by molar-refractivity contribution is -0.118. The molecule has 2 aliphatic rings. The smallest absolute Gasteiger partial charge is 0.262 e. The van der Waals surface area contributed by atoms with E-state index < -0.39 is 0 Å². The molecule has 140 valence electrons. The minimum absolute atomic E-state index is 0.0118. The van der Waals surface area contributed by atoms with Crippen LogP contribution in [0.2, 0.25) is 0 Å². The highest BCUT2D eigenvalue weighted by molar-refractivity contribution is 5.99. The van der Waals surface area contributed by atoms with E-state index >= 15 is 0 Å². The number of likely N-dealkylation sites (tertiary alicyclic amines) is 1. The summed E-state index contributed by atoms with van der Waals surface area (Å²) in [5.41, 5.74) is 2.36. The van der Waals surface area contributed by atoms with Gasteiger partial charge in [-0.15, -0.1) is 0 Å². The van der Waals surface area contributed by atoms with Crippen molar-refractivity contribution in [3.05, 3.63) is 59.7 Å². The predicted octanol–water partition coefficient (Wildman–Crippen LogP) is 2.41. The monoisotopic (exact) mass is 365 g/mol. The zero-order valence-corrected chi connectivity index (χ0v) is 15.1. The summed E-state index contributed by atoms with van der Waals surface area (Å²) in [5.74, 6) is 0.269. The van der Waals surface area contributed by atoms with E-state index in [1.165, 1.54) is 5.56 Å². The molecule has 2 N–H and O–H groups in total. The molecule has 2 heterocycles. The molecule has 6 heteroatoms. The van der Waals surface area contributed by atoms with Crippen molar-refractivity contribution < 1.29 is 14.3 Å². The van der Waals surface area contributed by atoms with Gasteiger partial charge in [-0.3, -0.25) is 14.5 Å². The number of nitrogens with one attached hydrogen (secondary N) is 2. The number of fused-ring (bicyclic) bond motifs is 1. The molecule has 2 aromatic carbocycles. The van der Waals surface area contributed by atoms with Crippen molar-refractivity contribution in [3.63, 3.8) is 0 Å². The van der Waals surface area contributed by atoms with Gasteiger partial charge in [0, 0.05) is 24.7 Å². The lowest BCUT2D eigenvalue weighted by Crippen LogP contribution is -2.47. The van der Waals surface area contributed by atoms with Gasteiger partial charge >= 0.3 is 0 Å². The maximum Gasteiger partial charge on any atom is 0.262 e. The van der Waals surface area contributed by atoms with Crippen LogP contribution in [0.1, 0.15) is 28.8 Å². The van der Waals surface area contributed by atoms with Gasteiger partial charge in [-0.2, -0.15) is 0 Å². The summed E-state index contributed by atoms with van der Waals surface area (Å²) in [6, 6.07) is 15.6. The molecule has 27 heavy (non-hydrogen) atoms. The van der Waals surface area contributed by atoms with Crippen LogP contribution in [0.25, 0.3) is 0 Å². The van der Waals surface area contributed by atoms with Crippen molar-refractivity contribution in [1.82, 2.24) is 10.2 Å². The molecule has 2 amide bonds. The molecule has 1 saturated heterocycles. The van der Waals surface area contributed by atoms with Crippen LogP contribution in [-0.2, 0) is 11.3 Å². The Labute approximate surface area is 158 Å². The number of ether oxygens (including phenoxy) is 1. The number of hydrogen-bond acceptors (Lipinski definition) is 4. The summed E-state index contributed by atoms with van der Waals surface area (Å²) in [7, 11) is 0. The highest BCUT2D eigenvalue weighted by Gasteiger charge is 2.23. The number of anilines is 1. The van der Waals surface area contributed by atoms with Gasteiger partial charge in [0.05, 0.1) is 5.69 Å². The first-order valence-corrected chi connectivity index (χ1v) is 9.31. The van der Waals surface area contributed by atoms with Crippen LogP contribution in [-0.4, -0.2) is 42.5 Å². The average molecular weight is 365 g/mol. The van der Waals surface area contributed by atoms with Crippen molar-refractivity contribution in [2.45, 2.75) is 25.4 Å². The highest BCUT2D eigenvalue weighted by atomic mass is 16.5. The van der Waals surface area contributed by atoms with Crippen molar-refractivity contribution in [3.8, 4) is 5.75 Å². The molecule has 1 unspecified atom stereocenters. The van der Waals surface area contributed by atoms with E-state index in [4.69, 9.17) is 4.74 Å². The summed E-state index contributed by atoms with van der Waals surface area (Å²) in [5, 5.41) is 5.88. The third-order valence-corrected chi connectivity index (χ3v) is 4.96. The second-order valence-corrected chi connectivity index (χ2v) is 7.08. The van der Waals surface area contributed by atoms with Crippen LogP contribution < -0.4 is 15.4 Å². The molecule has 6 nitrogen and oxygen atoms in total. The molecule has 0 aromatic heterocycles. The lowest BCUT2D eigenvalue weighted by atomic mass is 10.0. The van der Waals surface area contributed by atoms with E-state index in [0.29, 0.717) is 17.0 Å². The van der Waals surface area contributed by atoms with E-state index in [0.717, 1.165) is 32.5 Å². The van der Waals surface area contributed by atoms with Crippen molar-refractivity contribution >= 4 is 17.5 Å². The Bertz CT molecular complexity index is 838. The zero-order valence-electron chi connectivity index (χ0n) is 15.1. The second-order valence-electron chi connectivity index (χ2n) is 7.08. The molecular formula is C21H23N3O3. The molecule has 0 radical (unpaired) electrons. The van der Waals surface area contributed by atoms with Crippen LogP contribution in [0.3, 0.4) is 0 Å². The minimum Gasteiger partial charge on any atom is -0.482 e. The van der Waals surface area contributed by atoms with E-state index in [9.17, 15) is 9.59 Å². The topological polar surface area (TPSA) is 70.7 Å². The standard InChI is InChI=1S/C21H23N3O3/c25-20-14-27-19-9-8-16(11-18(19)23-20)21(26)22-17-7-4-10-24(13-17)12-15-5-2-1-3-6-15/h1-3,5-6,8-9,11,17H,4,7,10,12-14H2,(H,22,26)(H,23,25). The van der Waals surface area contributed by atoms with Gasteiger partial charge in [-0.1, -0.05) is 30.3 Å².